The van der Waals surface area contributed by atoms with Crippen molar-refractivity contribution in [2.24, 2.45) is 11.8 Å². The lowest BCUT2D eigenvalue weighted by Crippen LogP contribution is -2.33. The molecular formula is C59H95F3O7SSi2. The summed E-state index contributed by atoms with van der Waals surface area (Å²) in [5.74, 6) is 0.727. The number of unbranched alkanes of at least 4 members (excludes halogenated alkanes) is 17. The van der Waals surface area contributed by atoms with Crippen LogP contribution in [0, 0.1) is 11.8 Å². The Hall–Kier alpha value is -3.43. The largest absolute Gasteiger partial charge is 0.544 e. The SMILES string of the molecule is C=C(C)[C@@H]1CCC(C)=C[C@H]1c1c(O)cc(CCCCCCCCCCCCCCCCCCCC)cc1O.C=C(C)[C@@H]1CCC(C)=C[C@H]1c1c(O[Si](C)(C)C)cc(OS(=O)(=O)C(F)(F)F)cc1O[Si](C)(C)C. The third-order valence-electron chi connectivity index (χ3n) is 13.8. The molecule has 0 saturated carbocycles. The molecule has 408 valence electrons. The van der Waals surface area contributed by atoms with Gasteiger partial charge in [0, 0.05) is 35.1 Å². The number of aromatic hydroxyl groups is 2. The minimum atomic E-state index is -5.86. The zero-order valence-corrected chi connectivity index (χ0v) is 49.2. The van der Waals surface area contributed by atoms with Gasteiger partial charge in [0.15, 0.2) is 0 Å². The van der Waals surface area contributed by atoms with E-state index in [1.54, 1.807) is 0 Å². The topological polar surface area (TPSA) is 102 Å². The van der Waals surface area contributed by atoms with Gasteiger partial charge >= 0.3 is 15.6 Å². The number of phenols is 2. The maximum atomic E-state index is 13.0. The first-order chi connectivity index (χ1) is 33.6. The first-order valence-corrected chi connectivity index (χ1v) is 35.6. The fraction of sp³-hybridized carbons (Fsp3) is 0.661. The van der Waals surface area contributed by atoms with Crippen molar-refractivity contribution in [2.45, 2.75) is 239 Å². The van der Waals surface area contributed by atoms with E-state index in [9.17, 15) is 31.8 Å². The van der Waals surface area contributed by atoms with Gasteiger partial charge in [-0.1, -0.05) is 164 Å². The number of benzene rings is 2. The van der Waals surface area contributed by atoms with Crippen LogP contribution in [0.2, 0.25) is 39.3 Å². The molecular weight excluding hydrogens is 966 g/mol. The van der Waals surface area contributed by atoms with Crippen molar-refractivity contribution >= 4 is 26.8 Å². The lowest BCUT2D eigenvalue weighted by atomic mass is 9.73. The zero-order valence-electron chi connectivity index (χ0n) is 46.4. The highest BCUT2D eigenvalue weighted by atomic mass is 32.2. The van der Waals surface area contributed by atoms with E-state index >= 15 is 0 Å². The molecule has 7 nitrogen and oxygen atoms in total. The van der Waals surface area contributed by atoms with E-state index in [0.29, 0.717) is 11.1 Å². The Bertz CT molecular complexity index is 2140. The molecule has 2 N–H and O–H groups in total. The summed E-state index contributed by atoms with van der Waals surface area (Å²) in [4.78, 5) is 0. The van der Waals surface area contributed by atoms with Crippen molar-refractivity contribution in [1.82, 2.24) is 0 Å². The van der Waals surface area contributed by atoms with Crippen molar-refractivity contribution < 1.29 is 44.8 Å². The summed E-state index contributed by atoms with van der Waals surface area (Å²) in [5.41, 5.74) is 1.47. The zero-order chi connectivity index (χ0) is 53.9. The van der Waals surface area contributed by atoms with E-state index < -0.39 is 38.0 Å². The summed E-state index contributed by atoms with van der Waals surface area (Å²) in [6.07, 6.45) is 34.0. The van der Waals surface area contributed by atoms with Gasteiger partial charge in [-0.2, -0.15) is 21.6 Å². The minimum Gasteiger partial charge on any atom is -0.544 e. The number of hydrogen-bond acceptors (Lipinski definition) is 7. The number of hydrogen-bond donors (Lipinski definition) is 2. The molecule has 0 saturated heterocycles. The maximum absolute atomic E-state index is 13.0. The molecule has 0 aromatic heterocycles. The number of halogens is 3. The first kappa shape index (κ1) is 62.9. The van der Waals surface area contributed by atoms with Crippen LogP contribution < -0.4 is 13.0 Å². The average Bonchev–Trinajstić information content (AvgIpc) is 3.24. The fourth-order valence-electron chi connectivity index (χ4n) is 10.2. The van der Waals surface area contributed by atoms with E-state index in [4.69, 9.17) is 8.85 Å². The van der Waals surface area contributed by atoms with Crippen molar-refractivity contribution in [2.75, 3.05) is 0 Å². The molecule has 2 aromatic rings. The normalized spacial score (nSPS) is 18.6. The van der Waals surface area contributed by atoms with Gasteiger partial charge in [0.05, 0.1) is 0 Å². The smallest absolute Gasteiger partial charge is 0.534 e. The van der Waals surface area contributed by atoms with Crippen LogP contribution in [0.5, 0.6) is 28.7 Å². The molecule has 4 atom stereocenters. The molecule has 0 bridgehead atoms. The number of aryl methyl sites for hydroxylation is 1. The monoisotopic (exact) mass is 1060 g/mol. The highest BCUT2D eigenvalue weighted by molar-refractivity contribution is 7.88. The first-order valence-electron chi connectivity index (χ1n) is 27.4. The van der Waals surface area contributed by atoms with E-state index in [1.165, 1.54) is 132 Å². The molecule has 0 unspecified atom stereocenters. The Morgan fingerprint density at radius 3 is 1.29 bits per heavy atom. The highest BCUT2D eigenvalue weighted by Gasteiger charge is 2.49. The molecule has 0 aliphatic heterocycles. The van der Waals surface area contributed by atoms with E-state index in [2.05, 4.69) is 50.3 Å². The molecule has 0 heterocycles. The molecule has 0 spiro atoms. The molecule has 4 rings (SSSR count). The number of rotatable bonds is 29. The van der Waals surface area contributed by atoms with Gasteiger partial charge in [0.25, 0.3) is 0 Å². The lowest BCUT2D eigenvalue weighted by molar-refractivity contribution is -0.0500. The average molecular weight is 1060 g/mol. The molecule has 2 aliphatic rings. The molecule has 72 heavy (non-hydrogen) atoms. The predicted molar refractivity (Wildman–Crippen MR) is 300 cm³/mol. The lowest BCUT2D eigenvalue weighted by Gasteiger charge is -2.35. The fourth-order valence-corrected chi connectivity index (χ4v) is 12.3. The van der Waals surface area contributed by atoms with Crippen LogP contribution in [0.4, 0.5) is 13.2 Å². The van der Waals surface area contributed by atoms with E-state index in [-0.39, 0.29) is 46.7 Å². The second kappa shape index (κ2) is 29.6. The van der Waals surface area contributed by atoms with E-state index in [0.717, 1.165) is 55.2 Å². The standard InChI is InChI=1S/C36H60O2.C23H35F3O5SSi2/c1-5-6-7-8-9-10-11-12-13-14-15-16-17-18-19-20-21-22-23-31-27-34(37)36(35(38)28-31)33-26-30(4)24-25-32(33)29(2)3;1-15(2)18-11-10-16(3)12-19(18)22-20(30-33(4,5)6)13-17(14-21(22)31-34(7,8)9)29-32(27,28)23(24,25)26/h26-28,32-33,37-38H,2,5-25H2,1,3-4H3;12-14,18-19H,1,10-11H2,2-9H3/t32-,33+;18-,19+/m00/s1. The predicted octanol–water partition coefficient (Wildman–Crippen LogP) is 19.1. The summed E-state index contributed by atoms with van der Waals surface area (Å²) >= 11 is 0. The van der Waals surface area contributed by atoms with Gasteiger partial charge in [-0.3, -0.25) is 0 Å². The van der Waals surface area contributed by atoms with Crippen LogP contribution in [0.25, 0.3) is 0 Å². The van der Waals surface area contributed by atoms with Gasteiger partial charge in [-0.05, 0) is 135 Å². The molecule has 0 radical (unpaired) electrons. The number of alkyl halides is 3. The van der Waals surface area contributed by atoms with Crippen molar-refractivity contribution in [1.29, 1.82) is 0 Å². The summed E-state index contributed by atoms with van der Waals surface area (Å²) in [6.45, 7) is 30.4. The van der Waals surface area contributed by atoms with Gasteiger partial charge in [-0.15, -0.1) is 0 Å². The Kier molecular flexibility index (Phi) is 25.9. The Labute approximate surface area is 437 Å². The summed E-state index contributed by atoms with van der Waals surface area (Å²) in [7, 11) is -10.4. The van der Waals surface area contributed by atoms with Crippen LogP contribution in [0.1, 0.15) is 204 Å². The quantitative estimate of drug-likeness (QED) is 0.0275. The third kappa shape index (κ3) is 21.8. The summed E-state index contributed by atoms with van der Waals surface area (Å²) in [5, 5.41) is 21.7. The van der Waals surface area contributed by atoms with Crippen LogP contribution in [0.15, 0.2) is 71.9 Å². The Morgan fingerprint density at radius 1 is 0.611 bits per heavy atom. The van der Waals surface area contributed by atoms with Gasteiger partial charge in [0.2, 0.25) is 16.6 Å². The molecule has 2 aliphatic carbocycles. The van der Waals surface area contributed by atoms with Gasteiger partial charge < -0.3 is 23.2 Å². The van der Waals surface area contributed by atoms with Crippen molar-refractivity contribution in [3.05, 3.63) is 88.6 Å². The van der Waals surface area contributed by atoms with Crippen LogP contribution >= 0.6 is 0 Å². The van der Waals surface area contributed by atoms with Gasteiger partial charge in [-0.25, -0.2) is 0 Å². The number of phenolic OH excluding ortho intramolecular Hbond substituents is 2. The van der Waals surface area contributed by atoms with Crippen LogP contribution in [0.3, 0.4) is 0 Å². The molecule has 13 heteroatoms. The molecule has 2 aromatic carbocycles. The second-order valence-electron chi connectivity index (χ2n) is 23.1. The van der Waals surface area contributed by atoms with Crippen molar-refractivity contribution in [3.8, 4) is 28.7 Å². The van der Waals surface area contributed by atoms with Gasteiger partial charge in [0.1, 0.15) is 28.7 Å². The second-order valence-corrected chi connectivity index (χ2v) is 33.5. The maximum Gasteiger partial charge on any atom is 0.534 e. The summed E-state index contributed by atoms with van der Waals surface area (Å²) < 4.78 is 79.7. The number of allylic oxidation sites excluding steroid dienone is 6. The van der Waals surface area contributed by atoms with E-state index in [1.807, 2.05) is 65.3 Å². The third-order valence-corrected chi connectivity index (χ3v) is 16.5. The van der Waals surface area contributed by atoms with Crippen molar-refractivity contribution in [3.63, 3.8) is 0 Å². The Balaban J connectivity index is 0.000000383. The minimum absolute atomic E-state index is 0.0143. The summed E-state index contributed by atoms with van der Waals surface area (Å²) in [6, 6.07) is 6.24. The molecule has 0 amide bonds. The van der Waals surface area contributed by atoms with Crippen LogP contribution in [-0.4, -0.2) is 40.8 Å². The highest BCUT2D eigenvalue weighted by Crippen LogP contribution is 2.50. The van der Waals surface area contributed by atoms with Crippen LogP contribution in [-0.2, 0) is 16.5 Å². The molecule has 0 fully saturated rings. The Morgan fingerprint density at radius 2 is 0.958 bits per heavy atom.